The van der Waals surface area contributed by atoms with Gasteiger partial charge in [-0.25, -0.2) is 33.4 Å². The molecule has 0 saturated heterocycles. The molecule has 63 heavy (non-hydrogen) atoms. The first-order valence-corrected chi connectivity index (χ1v) is 19.5. The number of aryl methyl sites for hydroxylation is 1. The number of unbranched alkanes of at least 4 members (excludes halogenated alkanes) is 2. The third-order valence-electron chi connectivity index (χ3n) is 8.93. The monoisotopic (exact) mass is 895 g/mol. The number of benzene rings is 1. The van der Waals surface area contributed by atoms with Crippen molar-refractivity contribution >= 4 is 59.7 Å². The number of halogens is 1. The molecule has 6 amide bonds. The molecule has 25 nitrogen and oxygen atoms in total. The summed E-state index contributed by atoms with van der Waals surface area (Å²) in [6.07, 6.45) is 0.420. The number of rotatable bonds is 30. The number of amides is 6. The Morgan fingerprint density at radius 2 is 0.952 bits per heavy atom. The molecule has 0 saturated carbocycles. The summed E-state index contributed by atoms with van der Waals surface area (Å²) in [6, 6.07) is -4.25. The third-order valence-corrected chi connectivity index (χ3v) is 8.93. The maximum Gasteiger partial charge on any atom is 0.326 e. The van der Waals surface area contributed by atoms with E-state index in [-0.39, 0.29) is 81.3 Å². The maximum atomic E-state index is 13.3. The highest BCUT2D eigenvalue weighted by Crippen LogP contribution is 2.16. The first kappa shape index (κ1) is 51.7. The molecular weight excluding hydrogens is 845 g/mol. The number of urea groups is 2. The summed E-state index contributed by atoms with van der Waals surface area (Å²) < 4.78 is 14.0. The molecule has 2 rings (SSSR count). The molecule has 1 aromatic carbocycles. The number of nitrogens with one attached hydrogen (secondary N) is 6. The second-order valence-corrected chi connectivity index (χ2v) is 13.9. The minimum Gasteiger partial charge on any atom is -0.481 e. The first-order valence-electron chi connectivity index (χ1n) is 19.5. The van der Waals surface area contributed by atoms with Gasteiger partial charge < -0.3 is 62.5 Å². The highest BCUT2D eigenvalue weighted by atomic mass is 19.1. The summed E-state index contributed by atoms with van der Waals surface area (Å²) in [6.45, 7) is -0.575. The quantitative estimate of drug-likeness (QED) is 0.0463. The van der Waals surface area contributed by atoms with Crippen LogP contribution in [0.25, 0.3) is 5.69 Å². The van der Waals surface area contributed by atoms with E-state index < -0.39 is 116 Å². The number of nitrogens with zero attached hydrogens (tertiary/aromatic N) is 3. The lowest BCUT2D eigenvalue weighted by Gasteiger charge is -2.18. The molecule has 0 radical (unpaired) electrons. The Morgan fingerprint density at radius 1 is 0.556 bits per heavy atom. The number of carboxylic acid groups (broad SMARTS) is 6. The van der Waals surface area contributed by atoms with Crippen LogP contribution in [0.2, 0.25) is 0 Å². The lowest BCUT2D eigenvalue weighted by molar-refractivity contribution is -0.142. The van der Waals surface area contributed by atoms with E-state index in [4.69, 9.17) is 10.2 Å². The molecule has 12 N–H and O–H groups in total. The summed E-state index contributed by atoms with van der Waals surface area (Å²) in [4.78, 5) is 119. The van der Waals surface area contributed by atoms with Gasteiger partial charge in [0, 0.05) is 37.1 Å². The predicted molar refractivity (Wildman–Crippen MR) is 211 cm³/mol. The molecule has 1 aromatic heterocycles. The van der Waals surface area contributed by atoms with Gasteiger partial charge in [-0.1, -0.05) is 5.21 Å². The van der Waals surface area contributed by atoms with Crippen molar-refractivity contribution in [3.8, 4) is 5.69 Å². The van der Waals surface area contributed by atoms with E-state index in [1.807, 2.05) is 10.6 Å². The molecule has 0 fully saturated rings. The molecule has 0 aliphatic carbocycles. The van der Waals surface area contributed by atoms with Crippen LogP contribution in [0.5, 0.6) is 0 Å². The second-order valence-electron chi connectivity index (χ2n) is 13.9. The zero-order chi connectivity index (χ0) is 47.1. The van der Waals surface area contributed by atoms with Crippen LogP contribution in [0, 0.1) is 0 Å². The van der Waals surface area contributed by atoms with Gasteiger partial charge in [-0.3, -0.25) is 23.6 Å². The van der Waals surface area contributed by atoms with E-state index >= 15 is 0 Å². The Labute approximate surface area is 357 Å². The van der Waals surface area contributed by atoms with Crippen LogP contribution >= 0.6 is 0 Å². The number of carboxylic acids is 6. The third kappa shape index (κ3) is 19.7. The van der Waals surface area contributed by atoms with Crippen LogP contribution in [0.15, 0.2) is 24.4 Å². The van der Waals surface area contributed by atoms with Crippen LogP contribution < -0.4 is 31.9 Å². The SMILES string of the molecule is O=C(O)CCC(NC(=O)N[C@@H](CCCCNC(=O)c1cc(C(=O)NCCCC[C@H](NC(=O)NC(CCC(=O)O)C(=O)O)C(=O)O)cc(-n2cc(CCCF)nn2)c1)C(=O)O)C(=O)O. The number of alkyl halides is 1. The Morgan fingerprint density at radius 3 is 1.32 bits per heavy atom. The van der Waals surface area contributed by atoms with Crippen molar-refractivity contribution in [2.45, 2.75) is 101 Å². The standard InChI is InChI=1S/C37H50FN9O16/c38-13-5-6-22-19-47(46-45-22)23-17-20(30(52)39-14-3-1-7-24(32(54)55)41-36(62)43-26(34(58)59)9-11-28(48)49)16-21(18-23)31(53)40-15-4-2-8-25(33(56)57)42-37(63)44-27(35(60)61)10-12-29(50)51/h16-19,24-27H,1-15H2,(H,39,52)(H,40,53)(H,48,49)(H,50,51)(H,54,55)(H,56,57)(H,58,59)(H,60,61)(H2,41,43,62)(H2,42,44,63)/t24-,25-,26?,27?/m0/s1. The van der Waals surface area contributed by atoms with Gasteiger partial charge in [0.1, 0.15) is 24.2 Å². The average Bonchev–Trinajstić information content (AvgIpc) is 3.70. The van der Waals surface area contributed by atoms with Gasteiger partial charge in [-0.2, -0.15) is 0 Å². The second kappa shape index (κ2) is 26.7. The molecule has 0 bridgehead atoms. The number of carbonyl (C=O) groups is 10. The predicted octanol–water partition coefficient (Wildman–Crippen LogP) is 0.110. The Kier molecular flexibility index (Phi) is 21.9. The fourth-order valence-electron chi connectivity index (χ4n) is 5.63. The molecule has 346 valence electrons. The van der Waals surface area contributed by atoms with Crippen molar-refractivity contribution in [3.63, 3.8) is 0 Å². The smallest absolute Gasteiger partial charge is 0.326 e. The highest BCUT2D eigenvalue weighted by Gasteiger charge is 2.26. The van der Waals surface area contributed by atoms with Gasteiger partial charge >= 0.3 is 47.9 Å². The summed E-state index contributed by atoms with van der Waals surface area (Å²) in [7, 11) is 0. The van der Waals surface area contributed by atoms with Crippen LogP contribution in [-0.2, 0) is 35.2 Å². The van der Waals surface area contributed by atoms with E-state index in [0.29, 0.717) is 5.69 Å². The minimum atomic E-state index is -1.58. The van der Waals surface area contributed by atoms with Crippen LogP contribution in [0.1, 0.15) is 97.0 Å². The Bertz CT molecular complexity index is 1850. The number of aromatic nitrogens is 3. The Balaban J connectivity index is 2.04. The zero-order valence-electron chi connectivity index (χ0n) is 33.7. The number of hydrogen-bond acceptors (Lipinski definition) is 12. The van der Waals surface area contributed by atoms with Gasteiger partial charge in [0.15, 0.2) is 0 Å². The van der Waals surface area contributed by atoms with Gasteiger partial charge in [0.2, 0.25) is 0 Å². The fourth-order valence-corrected chi connectivity index (χ4v) is 5.63. The lowest BCUT2D eigenvalue weighted by atomic mass is 10.1. The average molecular weight is 896 g/mol. The topological polar surface area (TPSA) is 395 Å². The van der Waals surface area contributed by atoms with Gasteiger partial charge in [-0.05, 0) is 82.4 Å². The summed E-state index contributed by atoms with van der Waals surface area (Å²) in [5.41, 5.74) is 0.664. The fraction of sp³-hybridized carbons (Fsp3) is 0.514. The molecule has 2 aromatic rings. The molecule has 0 aliphatic heterocycles. The summed E-state index contributed by atoms with van der Waals surface area (Å²) in [5.74, 6) is -9.76. The molecular formula is C37H50FN9O16. The van der Waals surface area contributed by atoms with Crippen molar-refractivity contribution in [1.82, 2.24) is 46.9 Å². The molecule has 0 spiro atoms. The molecule has 4 atom stereocenters. The number of carbonyl (C=O) groups excluding carboxylic acids is 4. The Hall–Kier alpha value is -7.41. The zero-order valence-corrected chi connectivity index (χ0v) is 33.7. The van der Waals surface area contributed by atoms with Gasteiger partial charge in [0.05, 0.1) is 24.3 Å². The maximum absolute atomic E-state index is 13.3. The van der Waals surface area contributed by atoms with E-state index in [9.17, 15) is 72.8 Å². The van der Waals surface area contributed by atoms with E-state index in [1.165, 1.54) is 29.1 Å². The van der Waals surface area contributed by atoms with Gasteiger partial charge in [0.25, 0.3) is 11.8 Å². The summed E-state index contributed by atoms with van der Waals surface area (Å²) >= 11 is 0. The molecule has 26 heteroatoms. The van der Waals surface area contributed by atoms with E-state index in [0.717, 1.165) is 0 Å². The molecule has 2 unspecified atom stereocenters. The normalized spacial score (nSPS) is 12.7. The number of hydrogen-bond donors (Lipinski definition) is 12. The van der Waals surface area contributed by atoms with Crippen LogP contribution in [0.3, 0.4) is 0 Å². The van der Waals surface area contributed by atoms with Gasteiger partial charge in [-0.15, -0.1) is 5.10 Å². The van der Waals surface area contributed by atoms with Crippen molar-refractivity contribution in [2.75, 3.05) is 19.8 Å². The van der Waals surface area contributed by atoms with Crippen LogP contribution in [-0.4, -0.2) is 149 Å². The first-order chi connectivity index (χ1) is 29.8. The number of aliphatic carboxylic acids is 6. The lowest BCUT2D eigenvalue weighted by Crippen LogP contribution is -2.51. The van der Waals surface area contributed by atoms with Crippen molar-refractivity contribution < 1.29 is 83.0 Å². The molecule has 0 aliphatic rings. The van der Waals surface area contributed by atoms with E-state index in [2.05, 4.69) is 31.6 Å². The largest absolute Gasteiger partial charge is 0.481 e. The van der Waals surface area contributed by atoms with Crippen molar-refractivity contribution in [2.24, 2.45) is 0 Å². The van der Waals surface area contributed by atoms with Crippen molar-refractivity contribution in [3.05, 3.63) is 41.2 Å². The highest BCUT2D eigenvalue weighted by molar-refractivity contribution is 6.00. The van der Waals surface area contributed by atoms with Crippen molar-refractivity contribution in [1.29, 1.82) is 0 Å². The van der Waals surface area contributed by atoms with Crippen LogP contribution in [0.4, 0.5) is 14.0 Å². The molecule has 1 heterocycles. The summed E-state index contributed by atoms with van der Waals surface area (Å²) in [5, 5.41) is 76.7. The minimum absolute atomic E-state index is 0.00200. The van der Waals surface area contributed by atoms with E-state index in [1.54, 1.807) is 0 Å².